The molecule has 0 unspecified atom stereocenters. The summed E-state index contributed by atoms with van der Waals surface area (Å²) in [5.74, 6) is -1.01. The average molecular weight is 426 g/mol. The van der Waals surface area contributed by atoms with Gasteiger partial charge in [-0.1, -0.05) is 58.0 Å². The molecule has 2 fully saturated rings. The van der Waals surface area contributed by atoms with Crippen LogP contribution >= 0.6 is 0 Å². The van der Waals surface area contributed by atoms with Crippen LogP contribution in [0.25, 0.3) is 0 Å². The lowest BCUT2D eigenvalue weighted by molar-refractivity contribution is -0.185. The fraction of sp³-hybridized carbons (Fsp3) is 0.652. The predicted molar refractivity (Wildman–Crippen MR) is 117 cm³/mol. The van der Waals surface area contributed by atoms with Gasteiger partial charge in [0.25, 0.3) is 0 Å². The number of hydrogen-bond acceptors (Lipinski definition) is 6. The Hall–Kier alpha value is -2.12. The van der Waals surface area contributed by atoms with Crippen LogP contribution in [0.3, 0.4) is 0 Å². The van der Waals surface area contributed by atoms with Crippen LogP contribution in [0, 0.1) is 5.92 Å². The van der Waals surface area contributed by atoms with E-state index in [0.717, 1.165) is 5.56 Å². The summed E-state index contributed by atoms with van der Waals surface area (Å²) in [5, 5.41) is 2.67. The number of rotatable bonds is 5. The zero-order valence-electron chi connectivity index (χ0n) is 18.9. The number of alkyl carbamates (subject to hydrolysis) is 1. The van der Waals surface area contributed by atoms with Crippen molar-refractivity contribution in [1.82, 2.24) is 5.32 Å². The van der Waals surface area contributed by atoms with Gasteiger partial charge in [0.1, 0.15) is 12.6 Å². The van der Waals surface area contributed by atoms with Gasteiger partial charge in [-0.2, -0.15) is 0 Å². The van der Waals surface area contributed by atoms with Gasteiger partial charge in [0.2, 0.25) is 0 Å². The summed E-state index contributed by atoms with van der Waals surface area (Å²) >= 11 is 0. The van der Waals surface area contributed by atoms with Crippen LogP contribution < -0.4 is 5.32 Å². The number of benzene rings is 1. The first kappa shape index (κ1) is 25.9. The lowest BCUT2D eigenvalue weighted by Gasteiger charge is -2.37. The maximum atomic E-state index is 12.2. The van der Waals surface area contributed by atoms with E-state index in [0.29, 0.717) is 38.9 Å². The highest BCUT2D eigenvalue weighted by Gasteiger charge is 2.44. The van der Waals surface area contributed by atoms with E-state index in [2.05, 4.69) is 5.32 Å². The molecule has 0 bridgehead atoms. The van der Waals surface area contributed by atoms with Crippen molar-refractivity contribution in [3.05, 3.63) is 35.9 Å². The molecular formula is C23H39NO6. The SMILES string of the molecule is CC.CC.COC(=O)[C@@H](NC(=O)OCc1ccccc1)C1CCC2(CC1)OCCO2.[HH]. The highest BCUT2D eigenvalue weighted by Crippen LogP contribution is 2.39. The smallest absolute Gasteiger partial charge is 0.408 e. The van der Waals surface area contributed by atoms with Crippen molar-refractivity contribution >= 4 is 12.1 Å². The number of carbonyl (C=O) groups is 2. The van der Waals surface area contributed by atoms with Gasteiger partial charge in [-0.05, 0) is 24.3 Å². The number of methoxy groups -OCH3 is 1. The predicted octanol–water partition coefficient (Wildman–Crippen LogP) is 4.69. The molecule has 1 aromatic carbocycles. The molecule has 7 heteroatoms. The summed E-state index contributed by atoms with van der Waals surface area (Å²) in [6, 6.07) is 8.64. The largest absolute Gasteiger partial charge is 0.467 e. The lowest BCUT2D eigenvalue weighted by atomic mass is 9.80. The third kappa shape index (κ3) is 7.61. The van der Waals surface area contributed by atoms with Crippen molar-refractivity contribution in [2.75, 3.05) is 20.3 Å². The van der Waals surface area contributed by atoms with Crippen molar-refractivity contribution in [2.45, 2.75) is 71.8 Å². The third-order valence-electron chi connectivity index (χ3n) is 5.02. The highest BCUT2D eigenvalue weighted by molar-refractivity contribution is 5.81. The van der Waals surface area contributed by atoms with Gasteiger partial charge < -0.3 is 24.3 Å². The van der Waals surface area contributed by atoms with Gasteiger partial charge in [0.15, 0.2) is 5.79 Å². The molecule has 2 aliphatic rings. The molecule has 1 aromatic rings. The number of hydrogen-bond donors (Lipinski definition) is 1. The van der Waals surface area contributed by atoms with Gasteiger partial charge in [-0.15, -0.1) is 0 Å². The summed E-state index contributed by atoms with van der Waals surface area (Å²) < 4.78 is 21.5. The summed E-state index contributed by atoms with van der Waals surface area (Å²) in [6.07, 6.45) is 2.19. The zero-order valence-corrected chi connectivity index (χ0v) is 18.9. The second-order valence-electron chi connectivity index (χ2n) is 6.65. The maximum absolute atomic E-state index is 12.2. The average Bonchev–Trinajstić information content (AvgIpc) is 3.27. The Morgan fingerprint density at radius 3 is 2.20 bits per heavy atom. The monoisotopic (exact) mass is 425 g/mol. The Balaban J connectivity index is 0.00000170. The number of esters is 1. The standard InChI is InChI=1S/C19H25NO6.2C2H6.H2/c1-23-17(21)16(15-7-9-19(10-8-15)25-11-12-26-19)20-18(22)24-13-14-5-3-2-4-6-14;2*1-2;/h2-6,15-16H,7-13H2,1H3,(H,20,22);2*1-2H3;1H/t16-;;;/m0.../s1. The molecule has 1 amide bonds. The van der Waals surface area contributed by atoms with Crippen molar-refractivity contribution in [2.24, 2.45) is 5.92 Å². The molecule has 1 spiro atoms. The van der Waals surface area contributed by atoms with E-state index in [1.54, 1.807) is 0 Å². The van der Waals surface area contributed by atoms with Crippen LogP contribution in [0.4, 0.5) is 4.79 Å². The van der Waals surface area contributed by atoms with Gasteiger partial charge in [0.05, 0.1) is 20.3 Å². The first-order valence-electron chi connectivity index (χ1n) is 10.9. The molecule has 1 saturated carbocycles. The van der Waals surface area contributed by atoms with Gasteiger partial charge in [-0.25, -0.2) is 9.59 Å². The molecule has 172 valence electrons. The first-order valence-corrected chi connectivity index (χ1v) is 10.9. The Kier molecular flexibility index (Phi) is 12.1. The fourth-order valence-electron chi connectivity index (χ4n) is 3.59. The van der Waals surface area contributed by atoms with E-state index in [4.69, 9.17) is 18.9 Å². The maximum Gasteiger partial charge on any atom is 0.408 e. The van der Waals surface area contributed by atoms with Crippen LogP contribution in [-0.2, 0) is 30.3 Å². The summed E-state index contributed by atoms with van der Waals surface area (Å²) in [5.41, 5.74) is 0.882. The molecule has 1 atom stereocenters. The number of ether oxygens (including phenoxy) is 4. The Morgan fingerprint density at radius 1 is 1.10 bits per heavy atom. The third-order valence-corrected chi connectivity index (χ3v) is 5.02. The summed E-state index contributed by atoms with van der Waals surface area (Å²) in [4.78, 5) is 24.3. The molecule has 30 heavy (non-hydrogen) atoms. The molecule has 1 heterocycles. The number of amides is 1. The van der Waals surface area contributed by atoms with Crippen LogP contribution in [0.5, 0.6) is 0 Å². The van der Waals surface area contributed by atoms with E-state index >= 15 is 0 Å². The molecule has 1 saturated heterocycles. The van der Waals surface area contributed by atoms with Crippen LogP contribution in [-0.4, -0.2) is 44.2 Å². The minimum absolute atomic E-state index is 0. The van der Waals surface area contributed by atoms with Crippen LogP contribution in [0.15, 0.2) is 30.3 Å². The Morgan fingerprint density at radius 2 is 1.67 bits per heavy atom. The second kappa shape index (κ2) is 14.0. The van der Waals surface area contributed by atoms with Crippen molar-refractivity contribution < 1.29 is 30.0 Å². The summed E-state index contributed by atoms with van der Waals surface area (Å²) in [6.45, 7) is 9.36. The number of nitrogens with one attached hydrogen (secondary N) is 1. The highest BCUT2D eigenvalue weighted by atomic mass is 16.7. The molecule has 7 nitrogen and oxygen atoms in total. The van der Waals surface area contributed by atoms with Crippen LogP contribution in [0.2, 0.25) is 0 Å². The van der Waals surface area contributed by atoms with Gasteiger partial charge in [0, 0.05) is 14.3 Å². The van der Waals surface area contributed by atoms with E-state index in [1.165, 1.54) is 7.11 Å². The van der Waals surface area contributed by atoms with E-state index < -0.39 is 23.9 Å². The molecule has 1 aliphatic carbocycles. The molecule has 0 aromatic heterocycles. The minimum Gasteiger partial charge on any atom is -0.467 e. The first-order chi connectivity index (χ1) is 14.6. The fourth-order valence-corrected chi connectivity index (χ4v) is 3.59. The normalized spacial score (nSPS) is 18.2. The summed E-state index contributed by atoms with van der Waals surface area (Å²) in [7, 11) is 1.32. The molecular weight excluding hydrogens is 386 g/mol. The molecule has 1 aliphatic heterocycles. The van der Waals surface area contributed by atoms with Crippen molar-refractivity contribution in [1.29, 1.82) is 0 Å². The van der Waals surface area contributed by atoms with E-state index in [9.17, 15) is 9.59 Å². The Labute approximate surface area is 181 Å². The van der Waals surface area contributed by atoms with E-state index in [1.807, 2.05) is 58.0 Å². The van der Waals surface area contributed by atoms with Gasteiger partial charge in [-0.3, -0.25) is 0 Å². The minimum atomic E-state index is -0.734. The van der Waals surface area contributed by atoms with E-state index in [-0.39, 0.29) is 14.0 Å². The molecule has 3 rings (SSSR count). The molecule has 1 N–H and O–H groups in total. The number of carbonyl (C=O) groups excluding carboxylic acids is 2. The molecule has 0 radical (unpaired) electrons. The quantitative estimate of drug-likeness (QED) is 0.689. The topological polar surface area (TPSA) is 83.1 Å². The van der Waals surface area contributed by atoms with Crippen molar-refractivity contribution in [3.8, 4) is 0 Å². The van der Waals surface area contributed by atoms with Crippen LogP contribution in [0.1, 0.15) is 60.4 Å². The lowest BCUT2D eigenvalue weighted by Crippen LogP contribution is -2.49. The Bertz CT molecular complexity index is 612. The zero-order chi connectivity index (χ0) is 22.4. The van der Waals surface area contributed by atoms with Gasteiger partial charge >= 0.3 is 12.1 Å². The second-order valence-corrected chi connectivity index (χ2v) is 6.65. The van der Waals surface area contributed by atoms with Crippen molar-refractivity contribution in [3.63, 3.8) is 0 Å².